The van der Waals surface area contributed by atoms with E-state index < -0.39 is 16.5 Å². The van der Waals surface area contributed by atoms with E-state index in [4.69, 9.17) is 4.44 Å². The fourth-order valence-corrected chi connectivity index (χ4v) is 10.2. The molecule has 0 spiro atoms. The second-order valence-electron chi connectivity index (χ2n) is 7.67. The molecule has 22 heavy (non-hydrogen) atoms. The van der Waals surface area contributed by atoms with E-state index in [1.165, 1.54) is 21.1 Å². The van der Waals surface area contributed by atoms with Crippen molar-refractivity contribution in [1.82, 2.24) is 0 Å². The Hall–Kier alpha value is -0.964. The van der Waals surface area contributed by atoms with Crippen LogP contribution in [-0.4, -0.2) is 16.5 Å². The van der Waals surface area contributed by atoms with Crippen molar-refractivity contribution < 1.29 is 0 Å². The van der Waals surface area contributed by atoms with Crippen LogP contribution in [0.15, 0.2) is 60.7 Å². The molecule has 0 unspecified atom stereocenters. The molecule has 0 aliphatic carbocycles. The number of hydrogen-bond acceptors (Lipinski definition) is 1. The minimum atomic E-state index is -1.81. The van der Waals surface area contributed by atoms with E-state index >= 15 is 0 Å². The summed E-state index contributed by atoms with van der Waals surface area (Å²) in [5, 5.41) is 0. The van der Waals surface area contributed by atoms with Crippen molar-refractivity contribution in [3.05, 3.63) is 71.8 Å². The average molecular weight is 352 g/mol. The van der Waals surface area contributed by atoms with Crippen molar-refractivity contribution in [2.45, 2.75) is 48.5 Å². The molecule has 2 rings (SSSR count). The summed E-state index contributed by atoms with van der Waals surface area (Å²) in [5.41, 5.74) is 3.20. The van der Waals surface area contributed by atoms with Crippen LogP contribution in [0.4, 0.5) is 0 Å². The van der Waals surface area contributed by atoms with Crippen LogP contribution in [0.25, 0.3) is 0 Å². The second kappa shape index (κ2) is 7.07. The van der Waals surface area contributed by atoms with Gasteiger partial charge < -0.3 is 0 Å². The van der Waals surface area contributed by atoms with Gasteiger partial charge in [-0.25, -0.2) is 0 Å². The van der Waals surface area contributed by atoms with Crippen LogP contribution >= 0.6 is 0 Å². The van der Waals surface area contributed by atoms with Gasteiger partial charge in [0.15, 0.2) is 0 Å². The Bertz CT molecular complexity index is 522. The normalized spacial score (nSPS) is 12.2. The van der Waals surface area contributed by atoms with Gasteiger partial charge in [0.1, 0.15) is 0 Å². The van der Waals surface area contributed by atoms with Gasteiger partial charge >= 0.3 is 141 Å². The van der Waals surface area contributed by atoms with Crippen LogP contribution < -0.4 is 4.44 Å². The number of nitrogens with two attached hydrogens (primary N) is 1. The van der Waals surface area contributed by atoms with Gasteiger partial charge in [-0.1, -0.05) is 0 Å². The quantitative estimate of drug-likeness (QED) is 0.736. The molecule has 0 fully saturated rings. The molecule has 0 heterocycles. The molecule has 0 atom stereocenters. The number of benzene rings is 2. The first kappa shape index (κ1) is 17.4. The van der Waals surface area contributed by atoms with Crippen LogP contribution in [0.2, 0.25) is 9.95 Å². The molecule has 0 aromatic heterocycles. The molecule has 0 aliphatic heterocycles. The first-order valence-corrected chi connectivity index (χ1v) is 13.0. The van der Waals surface area contributed by atoms with Gasteiger partial charge in [-0.3, -0.25) is 0 Å². The zero-order chi connectivity index (χ0) is 16.2. The standard InChI is InChI=1S/2C10H13.Ga.H2N/c2*1-10(2,3)9-7-5-4-6-8-9;;/h2*4-8H,1H2,2-3H3;;1H2/q;;+1;-1. The maximum absolute atomic E-state index is 6.71. The molecule has 1 nitrogen and oxygen atoms in total. The van der Waals surface area contributed by atoms with Crippen LogP contribution in [0.5, 0.6) is 0 Å². The Labute approximate surface area is 141 Å². The van der Waals surface area contributed by atoms with Crippen LogP contribution in [0.1, 0.15) is 38.8 Å². The summed E-state index contributed by atoms with van der Waals surface area (Å²) >= 11 is -1.81. The monoisotopic (exact) mass is 351 g/mol. The zero-order valence-corrected chi connectivity index (χ0v) is 16.8. The van der Waals surface area contributed by atoms with Crippen LogP contribution in [-0.2, 0) is 10.8 Å². The molecular weight excluding hydrogens is 324 g/mol. The maximum atomic E-state index is 6.71. The zero-order valence-electron chi connectivity index (χ0n) is 14.3. The molecular formula is C20H28GaN. The van der Waals surface area contributed by atoms with E-state index in [9.17, 15) is 0 Å². The van der Waals surface area contributed by atoms with Crippen molar-refractivity contribution in [3.63, 3.8) is 0 Å². The van der Waals surface area contributed by atoms with Gasteiger partial charge in [-0.05, 0) is 0 Å². The Morgan fingerprint density at radius 1 is 0.682 bits per heavy atom. The van der Waals surface area contributed by atoms with Gasteiger partial charge in [0.2, 0.25) is 0 Å². The van der Waals surface area contributed by atoms with Crippen molar-refractivity contribution in [1.29, 1.82) is 0 Å². The topological polar surface area (TPSA) is 26.0 Å². The van der Waals surface area contributed by atoms with Crippen LogP contribution in [0.3, 0.4) is 0 Å². The van der Waals surface area contributed by atoms with E-state index in [0.717, 1.165) is 0 Å². The van der Waals surface area contributed by atoms with Crippen molar-refractivity contribution in [3.8, 4) is 0 Å². The first-order valence-electron chi connectivity index (χ1n) is 8.18. The third-order valence-electron chi connectivity index (χ3n) is 4.66. The summed E-state index contributed by atoms with van der Waals surface area (Å²) in [5.74, 6) is 0. The van der Waals surface area contributed by atoms with Crippen molar-refractivity contribution in [2.75, 3.05) is 0 Å². The molecule has 0 saturated heterocycles. The van der Waals surface area contributed by atoms with Crippen molar-refractivity contribution in [2.24, 2.45) is 4.44 Å². The molecule has 116 valence electrons. The third-order valence-corrected chi connectivity index (χ3v) is 11.1. The summed E-state index contributed by atoms with van der Waals surface area (Å²) in [6.07, 6.45) is 0. The minimum absolute atomic E-state index is 0.188. The molecule has 0 radical (unpaired) electrons. The molecule has 0 saturated carbocycles. The van der Waals surface area contributed by atoms with E-state index in [-0.39, 0.29) is 10.8 Å². The van der Waals surface area contributed by atoms with E-state index in [2.05, 4.69) is 88.4 Å². The molecule has 0 amide bonds. The summed E-state index contributed by atoms with van der Waals surface area (Å²) in [7, 11) is 0. The number of hydrogen-bond donors (Lipinski definition) is 1. The fourth-order valence-electron chi connectivity index (χ4n) is 3.40. The Morgan fingerprint density at radius 2 is 1.00 bits per heavy atom. The van der Waals surface area contributed by atoms with Gasteiger partial charge in [0, 0.05) is 0 Å². The predicted octanol–water partition coefficient (Wildman–Crippen LogP) is 4.89. The number of rotatable bonds is 6. The fraction of sp³-hybridized carbons (Fsp3) is 0.400. The van der Waals surface area contributed by atoms with Gasteiger partial charge in [-0.15, -0.1) is 0 Å². The third kappa shape index (κ3) is 4.51. The Morgan fingerprint density at radius 3 is 1.32 bits per heavy atom. The average Bonchev–Trinajstić information content (AvgIpc) is 2.48. The Kier molecular flexibility index (Phi) is 5.59. The van der Waals surface area contributed by atoms with Crippen LogP contribution in [0, 0.1) is 0 Å². The summed E-state index contributed by atoms with van der Waals surface area (Å²) < 4.78 is 6.71. The predicted molar refractivity (Wildman–Crippen MR) is 98.5 cm³/mol. The van der Waals surface area contributed by atoms with Gasteiger partial charge in [0.25, 0.3) is 0 Å². The molecule has 0 aliphatic rings. The van der Waals surface area contributed by atoms with Gasteiger partial charge in [-0.2, -0.15) is 0 Å². The van der Waals surface area contributed by atoms with E-state index in [1.54, 1.807) is 0 Å². The molecule has 2 N–H and O–H groups in total. The Balaban J connectivity index is 2.05. The SMILES string of the molecule is CC(C)([CH2][Ga]([NH2])[CH2]C(C)(C)c1ccccc1)c1ccccc1. The molecule has 0 bridgehead atoms. The summed E-state index contributed by atoms with van der Waals surface area (Å²) in [6.45, 7) is 9.35. The molecule has 2 aromatic carbocycles. The molecule has 2 heteroatoms. The van der Waals surface area contributed by atoms with E-state index in [1.807, 2.05) is 0 Å². The second-order valence-corrected chi connectivity index (χ2v) is 12.6. The summed E-state index contributed by atoms with van der Waals surface area (Å²) in [6, 6.07) is 21.6. The molecule has 2 aromatic rings. The summed E-state index contributed by atoms with van der Waals surface area (Å²) in [4.78, 5) is 2.36. The first-order chi connectivity index (χ1) is 10.3. The van der Waals surface area contributed by atoms with Crippen molar-refractivity contribution >= 4 is 16.5 Å². The van der Waals surface area contributed by atoms with E-state index in [0.29, 0.717) is 0 Å². The van der Waals surface area contributed by atoms with Gasteiger partial charge in [0.05, 0.1) is 0 Å².